The maximum absolute atomic E-state index is 12.5. The molecule has 16 nitrogen and oxygen atoms in total. The smallest absolute Gasteiger partial charge is 0.326 e. The third-order valence-corrected chi connectivity index (χ3v) is 4.05. The summed E-state index contributed by atoms with van der Waals surface area (Å²) in [5, 5.41) is 33.3. The first kappa shape index (κ1) is 29.1. The molecule has 12 N–H and O–H groups in total. The summed E-state index contributed by atoms with van der Waals surface area (Å²) < 4.78 is 0. The standard InChI is InChI=1S/C17H29N7O9/c1-7(22-14(30)8(18)5-11(25)26)13(29)24-10(6-12(27)28)15(31)23-9(16(32)33)3-2-4-21-17(19)20/h7-10H,2-6,18H2,1H3,(H,22,30)(H,23,31)(H,24,29)(H,25,26)(H,27,28)(H,32,33)(H4,19,20,21). The summed E-state index contributed by atoms with van der Waals surface area (Å²) >= 11 is 0. The lowest BCUT2D eigenvalue weighted by Gasteiger charge is -2.22. The van der Waals surface area contributed by atoms with Gasteiger partial charge in [0.1, 0.15) is 18.1 Å². The average molecular weight is 475 g/mol. The largest absolute Gasteiger partial charge is 0.481 e. The highest BCUT2D eigenvalue weighted by Gasteiger charge is 2.30. The van der Waals surface area contributed by atoms with Crippen LogP contribution < -0.4 is 33.2 Å². The lowest BCUT2D eigenvalue weighted by Crippen LogP contribution is -2.56. The van der Waals surface area contributed by atoms with E-state index in [2.05, 4.69) is 20.9 Å². The summed E-state index contributed by atoms with van der Waals surface area (Å²) in [6.07, 6.45) is -1.47. The van der Waals surface area contributed by atoms with Crippen molar-refractivity contribution in [1.82, 2.24) is 16.0 Å². The average Bonchev–Trinajstić information content (AvgIpc) is 2.67. The molecule has 0 aromatic heterocycles. The Morgan fingerprint density at radius 1 is 0.818 bits per heavy atom. The maximum Gasteiger partial charge on any atom is 0.326 e. The summed E-state index contributed by atoms with van der Waals surface area (Å²) in [6, 6.07) is -5.82. The van der Waals surface area contributed by atoms with Gasteiger partial charge in [-0.1, -0.05) is 0 Å². The lowest BCUT2D eigenvalue weighted by molar-refractivity contribution is -0.143. The molecule has 0 aromatic carbocycles. The number of carbonyl (C=O) groups excluding carboxylic acids is 3. The van der Waals surface area contributed by atoms with E-state index in [4.69, 9.17) is 27.4 Å². The van der Waals surface area contributed by atoms with Crippen LogP contribution in [0.2, 0.25) is 0 Å². The van der Waals surface area contributed by atoms with Gasteiger partial charge in [0.05, 0.1) is 18.9 Å². The Morgan fingerprint density at radius 2 is 1.36 bits per heavy atom. The second kappa shape index (κ2) is 14.2. The van der Waals surface area contributed by atoms with E-state index >= 15 is 0 Å². The molecule has 33 heavy (non-hydrogen) atoms. The molecule has 0 heterocycles. The third kappa shape index (κ3) is 12.5. The number of guanidine groups is 1. The summed E-state index contributed by atoms with van der Waals surface area (Å²) in [5.74, 6) is -7.41. The van der Waals surface area contributed by atoms with Crippen LogP contribution in [0.15, 0.2) is 4.99 Å². The fourth-order valence-corrected chi connectivity index (χ4v) is 2.38. The van der Waals surface area contributed by atoms with Gasteiger partial charge in [-0.25, -0.2) is 4.79 Å². The van der Waals surface area contributed by atoms with Crippen LogP contribution in [0.25, 0.3) is 0 Å². The molecule has 0 spiro atoms. The number of hydrogen-bond acceptors (Lipinski definition) is 8. The van der Waals surface area contributed by atoms with Gasteiger partial charge in [0.2, 0.25) is 17.7 Å². The van der Waals surface area contributed by atoms with Crippen molar-refractivity contribution in [1.29, 1.82) is 0 Å². The topological polar surface area (TPSA) is 290 Å². The number of nitrogens with zero attached hydrogens (tertiary/aromatic N) is 1. The first-order chi connectivity index (χ1) is 15.2. The Kier molecular flexibility index (Phi) is 12.5. The van der Waals surface area contributed by atoms with E-state index in [-0.39, 0.29) is 25.3 Å². The number of carboxylic acids is 3. The molecule has 0 radical (unpaired) electrons. The van der Waals surface area contributed by atoms with Crippen molar-refractivity contribution in [2.24, 2.45) is 22.2 Å². The summed E-state index contributed by atoms with van der Waals surface area (Å²) in [5.41, 5.74) is 15.7. The van der Waals surface area contributed by atoms with E-state index in [9.17, 15) is 33.9 Å². The highest BCUT2D eigenvalue weighted by Crippen LogP contribution is 2.02. The fourth-order valence-electron chi connectivity index (χ4n) is 2.38. The van der Waals surface area contributed by atoms with E-state index in [1.807, 2.05) is 0 Å². The summed E-state index contributed by atoms with van der Waals surface area (Å²) in [6.45, 7) is 1.29. The predicted octanol–water partition coefficient (Wildman–Crippen LogP) is -4.12. The molecule has 0 aliphatic carbocycles. The van der Waals surface area contributed by atoms with Gasteiger partial charge >= 0.3 is 17.9 Å². The quantitative estimate of drug-likeness (QED) is 0.0620. The molecule has 0 fully saturated rings. The number of nitrogens with two attached hydrogens (primary N) is 3. The Morgan fingerprint density at radius 3 is 1.85 bits per heavy atom. The van der Waals surface area contributed by atoms with Crippen LogP contribution in [0.1, 0.15) is 32.6 Å². The molecule has 0 saturated heterocycles. The van der Waals surface area contributed by atoms with E-state index < -0.39 is 72.6 Å². The summed E-state index contributed by atoms with van der Waals surface area (Å²) in [7, 11) is 0. The lowest BCUT2D eigenvalue weighted by atomic mass is 10.1. The molecule has 16 heteroatoms. The van der Waals surface area contributed by atoms with Crippen molar-refractivity contribution >= 4 is 41.6 Å². The molecule has 0 aliphatic rings. The zero-order valence-electron chi connectivity index (χ0n) is 17.8. The first-order valence-electron chi connectivity index (χ1n) is 9.63. The van der Waals surface area contributed by atoms with Crippen molar-refractivity contribution in [3.05, 3.63) is 0 Å². The van der Waals surface area contributed by atoms with E-state index in [1.165, 1.54) is 6.92 Å². The zero-order chi connectivity index (χ0) is 25.7. The van der Waals surface area contributed by atoms with Gasteiger partial charge in [0.25, 0.3) is 0 Å². The van der Waals surface area contributed by atoms with Crippen molar-refractivity contribution in [2.45, 2.75) is 56.8 Å². The third-order valence-electron chi connectivity index (χ3n) is 4.05. The number of aliphatic carboxylic acids is 3. The fraction of sp³-hybridized carbons (Fsp3) is 0.588. The van der Waals surface area contributed by atoms with Gasteiger partial charge in [-0.05, 0) is 19.8 Å². The zero-order valence-corrected chi connectivity index (χ0v) is 17.8. The van der Waals surface area contributed by atoms with Gasteiger partial charge in [-0.2, -0.15) is 0 Å². The van der Waals surface area contributed by atoms with Gasteiger partial charge < -0.3 is 48.5 Å². The van der Waals surface area contributed by atoms with Crippen LogP contribution in [0.5, 0.6) is 0 Å². The monoisotopic (exact) mass is 475 g/mol. The number of carboxylic acid groups (broad SMARTS) is 3. The molecule has 0 aliphatic heterocycles. The Labute approximate surface area is 187 Å². The molecule has 4 unspecified atom stereocenters. The van der Waals surface area contributed by atoms with Crippen LogP contribution in [0.3, 0.4) is 0 Å². The second-order valence-electron chi connectivity index (χ2n) is 6.94. The Balaban J connectivity index is 5.12. The van der Waals surface area contributed by atoms with Crippen LogP contribution in [0.4, 0.5) is 0 Å². The number of hydrogen-bond donors (Lipinski definition) is 9. The first-order valence-corrected chi connectivity index (χ1v) is 9.63. The van der Waals surface area contributed by atoms with Crippen molar-refractivity contribution in [3.63, 3.8) is 0 Å². The van der Waals surface area contributed by atoms with Crippen molar-refractivity contribution in [2.75, 3.05) is 6.54 Å². The highest BCUT2D eigenvalue weighted by atomic mass is 16.4. The minimum absolute atomic E-state index is 0.0838. The predicted molar refractivity (Wildman–Crippen MR) is 111 cm³/mol. The molecule has 0 saturated carbocycles. The van der Waals surface area contributed by atoms with Gasteiger partial charge in [0, 0.05) is 6.54 Å². The van der Waals surface area contributed by atoms with Crippen LogP contribution >= 0.6 is 0 Å². The van der Waals surface area contributed by atoms with Gasteiger partial charge in [0.15, 0.2) is 5.96 Å². The van der Waals surface area contributed by atoms with Crippen LogP contribution in [-0.2, 0) is 28.8 Å². The maximum atomic E-state index is 12.5. The normalized spacial score (nSPS) is 14.0. The molecular weight excluding hydrogens is 446 g/mol. The molecule has 186 valence electrons. The molecule has 3 amide bonds. The van der Waals surface area contributed by atoms with Crippen LogP contribution in [-0.4, -0.2) is 87.6 Å². The second-order valence-corrected chi connectivity index (χ2v) is 6.94. The molecule has 0 rings (SSSR count). The minimum atomic E-state index is -1.67. The molecule has 0 aromatic rings. The van der Waals surface area contributed by atoms with E-state index in [1.54, 1.807) is 0 Å². The van der Waals surface area contributed by atoms with Crippen LogP contribution in [0, 0.1) is 0 Å². The number of amides is 3. The van der Waals surface area contributed by atoms with Gasteiger partial charge in [-0.15, -0.1) is 0 Å². The van der Waals surface area contributed by atoms with Gasteiger partial charge in [-0.3, -0.25) is 29.0 Å². The van der Waals surface area contributed by atoms with E-state index in [0.717, 1.165) is 0 Å². The van der Waals surface area contributed by atoms with E-state index in [0.29, 0.717) is 0 Å². The number of nitrogens with one attached hydrogen (secondary N) is 3. The van der Waals surface area contributed by atoms with Crippen molar-refractivity contribution < 1.29 is 44.1 Å². The molecule has 4 atom stereocenters. The number of aliphatic imine (C=N–C) groups is 1. The SMILES string of the molecule is CC(NC(=O)C(N)CC(=O)O)C(=O)NC(CC(=O)O)C(=O)NC(CCCN=C(N)N)C(=O)O. The highest BCUT2D eigenvalue weighted by molar-refractivity contribution is 5.95. The Hall–Kier alpha value is -3.95. The number of rotatable bonds is 15. The summed E-state index contributed by atoms with van der Waals surface area (Å²) in [4.78, 5) is 73.4. The number of carbonyl (C=O) groups is 6. The molecular formula is C17H29N7O9. The van der Waals surface area contributed by atoms with Crippen molar-refractivity contribution in [3.8, 4) is 0 Å². The molecule has 0 bridgehead atoms. The Bertz CT molecular complexity index is 783. The minimum Gasteiger partial charge on any atom is -0.481 e.